The first kappa shape index (κ1) is 19.1. The molecule has 38 heavy (non-hydrogen) atoms. The monoisotopic (exact) mass is 480 g/mol. The van der Waals surface area contributed by atoms with Crippen LogP contribution in [0.3, 0.4) is 0 Å². The summed E-state index contributed by atoms with van der Waals surface area (Å²) in [6.07, 6.45) is 0. The topological polar surface area (TPSA) is 8.82 Å². The van der Waals surface area contributed by atoms with Crippen LogP contribution < -0.4 is 0 Å². The van der Waals surface area contributed by atoms with Crippen molar-refractivity contribution in [1.82, 2.24) is 8.80 Å². The third-order valence-corrected chi connectivity index (χ3v) is 8.76. The fourth-order valence-electron chi connectivity index (χ4n) is 7.31. The van der Waals surface area contributed by atoms with Crippen molar-refractivity contribution in [2.24, 2.45) is 0 Å². The zero-order valence-electron chi connectivity index (χ0n) is 20.4. The maximum absolute atomic E-state index is 2.51. The van der Waals surface area contributed by atoms with Crippen LogP contribution in [0.2, 0.25) is 0 Å². The molecule has 174 valence electrons. The van der Waals surface area contributed by atoms with Crippen molar-refractivity contribution in [3.8, 4) is 11.1 Å². The molecule has 4 heterocycles. The summed E-state index contributed by atoms with van der Waals surface area (Å²) in [7, 11) is 0. The van der Waals surface area contributed by atoms with Gasteiger partial charge in [-0.1, -0.05) is 91.0 Å². The molecule has 0 amide bonds. The van der Waals surface area contributed by atoms with Crippen molar-refractivity contribution < 1.29 is 0 Å². The molecular formula is C36H20N2. The van der Waals surface area contributed by atoms with Crippen molar-refractivity contribution in [2.45, 2.75) is 0 Å². The molecular weight excluding hydrogens is 460 g/mol. The van der Waals surface area contributed by atoms with E-state index in [4.69, 9.17) is 0 Å². The fraction of sp³-hybridized carbons (Fsp3) is 0. The van der Waals surface area contributed by atoms with Gasteiger partial charge in [0.05, 0.1) is 33.1 Å². The van der Waals surface area contributed by atoms with Gasteiger partial charge in [-0.2, -0.15) is 0 Å². The van der Waals surface area contributed by atoms with Crippen molar-refractivity contribution in [3.05, 3.63) is 121 Å². The van der Waals surface area contributed by atoms with Crippen LogP contribution in [0, 0.1) is 0 Å². The minimum absolute atomic E-state index is 1.27. The summed E-state index contributed by atoms with van der Waals surface area (Å²) in [6, 6.07) is 44.9. The summed E-state index contributed by atoms with van der Waals surface area (Å²) in [5, 5.41) is 10.5. The molecule has 0 aliphatic carbocycles. The Labute approximate surface area is 217 Å². The lowest BCUT2D eigenvalue weighted by atomic mass is 9.97. The second-order valence-electron chi connectivity index (χ2n) is 10.5. The molecule has 6 aromatic carbocycles. The van der Waals surface area contributed by atoms with Crippen molar-refractivity contribution >= 4 is 76.2 Å². The highest BCUT2D eigenvalue weighted by Gasteiger charge is 2.22. The number of hydrogen-bond acceptors (Lipinski definition) is 0. The third kappa shape index (κ3) is 2.06. The van der Waals surface area contributed by atoms with Crippen LogP contribution in [0.5, 0.6) is 0 Å². The predicted octanol–water partition coefficient (Wildman–Crippen LogP) is 9.65. The van der Waals surface area contributed by atoms with Gasteiger partial charge in [0.15, 0.2) is 0 Å². The molecule has 0 fully saturated rings. The standard InChI is InChI=1S/C36H20N2/c1-6-18-33-23(9-1)26-13-8-15-28-27-14-7-12-22(34(27)38(33)35(26)28)21-19-29-24-10-2-4-16-31(24)37-32-17-5-3-11-25(32)30(20-21)36(29)37/h1-20H. The van der Waals surface area contributed by atoms with Crippen LogP contribution >= 0.6 is 0 Å². The van der Waals surface area contributed by atoms with Gasteiger partial charge in [0.25, 0.3) is 0 Å². The summed E-state index contributed by atoms with van der Waals surface area (Å²) in [4.78, 5) is 0. The van der Waals surface area contributed by atoms with Crippen molar-refractivity contribution in [1.29, 1.82) is 0 Å². The number of aromatic nitrogens is 2. The van der Waals surface area contributed by atoms with E-state index >= 15 is 0 Å². The Balaban J connectivity index is 1.45. The van der Waals surface area contributed by atoms with Gasteiger partial charge in [-0.15, -0.1) is 0 Å². The molecule has 0 spiro atoms. The van der Waals surface area contributed by atoms with Crippen molar-refractivity contribution in [3.63, 3.8) is 0 Å². The van der Waals surface area contributed by atoms with E-state index in [2.05, 4.69) is 130 Å². The van der Waals surface area contributed by atoms with E-state index in [1.807, 2.05) is 0 Å². The number of nitrogens with zero attached hydrogens (tertiary/aromatic N) is 2. The summed E-state index contributed by atoms with van der Waals surface area (Å²) in [6.45, 7) is 0. The Kier molecular flexibility index (Phi) is 3.23. The first-order chi connectivity index (χ1) is 18.9. The predicted molar refractivity (Wildman–Crippen MR) is 161 cm³/mol. The van der Waals surface area contributed by atoms with E-state index in [1.54, 1.807) is 0 Å². The molecule has 4 aromatic heterocycles. The van der Waals surface area contributed by atoms with Crippen LogP contribution in [0.4, 0.5) is 0 Å². The Morgan fingerprint density at radius 3 is 1.37 bits per heavy atom. The van der Waals surface area contributed by atoms with E-state index in [1.165, 1.54) is 87.3 Å². The molecule has 2 heteroatoms. The molecule has 0 unspecified atom stereocenters. The first-order valence-corrected chi connectivity index (χ1v) is 13.2. The highest BCUT2D eigenvalue weighted by molar-refractivity contribution is 6.27. The average Bonchev–Trinajstić information content (AvgIpc) is 3.70. The van der Waals surface area contributed by atoms with Crippen LogP contribution in [0.1, 0.15) is 0 Å². The number of para-hydroxylation sites is 5. The number of hydrogen-bond donors (Lipinski definition) is 0. The SMILES string of the molecule is c1ccc2c(c1)c1cc(-c3cccc4c5cccc6c7ccccc7n(c34)c65)cc3c4ccccc4n2c13. The normalized spacial score (nSPS) is 12.7. The van der Waals surface area contributed by atoms with E-state index in [0.717, 1.165) is 0 Å². The summed E-state index contributed by atoms with van der Waals surface area (Å²) in [5.74, 6) is 0. The maximum Gasteiger partial charge on any atom is 0.0620 e. The number of fused-ring (bicyclic) bond motifs is 12. The summed E-state index contributed by atoms with van der Waals surface area (Å²) in [5.41, 5.74) is 10.3. The lowest BCUT2D eigenvalue weighted by molar-refractivity contribution is 1.37. The van der Waals surface area contributed by atoms with Crippen LogP contribution in [0.15, 0.2) is 121 Å². The summed E-state index contributed by atoms with van der Waals surface area (Å²) < 4.78 is 4.96. The zero-order chi connectivity index (χ0) is 24.5. The van der Waals surface area contributed by atoms with Crippen molar-refractivity contribution in [2.75, 3.05) is 0 Å². The molecule has 0 saturated heterocycles. The Hall–Kier alpha value is -5.08. The quantitative estimate of drug-likeness (QED) is 0.221. The fourth-order valence-corrected chi connectivity index (χ4v) is 7.31. The molecule has 0 atom stereocenters. The lowest BCUT2D eigenvalue weighted by Crippen LogP contribution is -1.86. The van der Waals surface area contributed by atoms with Gasteiger partial charge >= 0.3 is 0 Å². The van der Waals surface area contributed by atoms with Gasteiger partial charge in [0.2, 0.25) is 0 Å². The van der Waals surface area contributed by atoms with Gasteiger partial charge in [0.1, 0.15) is 0 Å². The van der Waals surface area contributed by atoms with Crippen LogP contribution in [-0.4, -0.2) is 8.80 Å². The van der Waals surface area contributed by atoms with Gasteiger partial charge in [-0.3, -0.25) is 0 Å². The molecule has 0 N–H and O–H groups in total. The molecule has 0 aliphatic heterocycles. The lowest BCUT2D eigenvalue weighted by Gasteiger charge is -2.08. The summed E-state index contributed by atoms with van der Waals surface area (Å²) >= 11 is 0. The zero-order valence-corrected chi connectivity index (χ0v) is 20.4. The van der Waals surface area contributed by atoms with Gasteiger partial charge in [-0.25, -0.2) is 0 Å². The van der Waals surface area contributed by atoms with Crippen LogP contribution in [-0.2, 0) is 0 Å². The van der Waals surface area contributed by atoms with Gasteiger partial charge < -0.3 is 8.80 Å². The van der Waals surface area contributed by atoms with Gasteiger partial charge in [0, 0.05) is 48.7 Å². The largest absolute Gasteiger partial charge is 0.308 e. The molecule has 0 bridgehead atoms. The molecule has 10 rings (SSSR count). The molecule has 2 nitrogen and oxygen atoms in total. The molecule has 0 radical (unpaired) electrons. The minimum Gasteiger partial charge on any atom is -0.308 e. The Bertz CT molecular complexity index is 2480. The number of rotatable bonds is 1. The number of benzene rings is 6. The third-order valence-electron chi connectivity index (χ3n) is 8.76. The van der Waals surface area contributed by atoms with E-state index in [9.17, 15) is 0 Å². The first-order valence-electron chi connectivity index (χ1n) is 13.2. The second kappa shape index (κ2) is 6.42. The second-order valence-corrected chi connectivity index (χ2v) is 10.5. The highest BCUT2D eigenvalue weighted by Crippen LogP contribution is 2.45. The average molecular weight is 481 g/mol. The highest BCUT2D eigenvalue weighted by atomic mass is 14.9. The van der Waals surface area contributed by atoms with Crippen LogP contribution in [0.25, 0.3) is 87.3 Å². The van der Waals surface area contributed by atoms with E-state index in [-0.39, 0.29) is 0 Å². The smallest absolute Gasteiger partial charge is 0.0620 e. The van der Waals surface area contributed by atoms with E-state index in [0.29, 0.717) is 0 Å². The minimum atomic E-state index is 1.27. The Morgan fingerprint density at radius 2 is 0.737 bits per heavy atom. The molecule has 0 saturated carbocycles. The van der Waals surface area contributed by atoms with E-state index < -0.39 is 0 Å². The molecule has 10 aromatic rings. The molecule has 0 aliphatic rings. The Morgan fingerprint density at radius 1 is 0.316 bits per heavy atom. The van der Waals surface area contributed by atoms with Gasteiger partial charge in [-0.05, 0) is 35.9 Å². The maximum atomic E-state index is 2.51.